The van der Waals surface area contributed by atoms with Gasteiger partial charge in [0.2, 0.25) is 0 Å². The molecule has 2 aliphatic rings. The van der Waals surface area contributed by atoms with Gasteiger partial charge in [0.05, 0.1) is 0 Å². The lowest BCUT2D eigenvalue weighted by Crippen LogP contribution is -2.32. The van der Waals surface area contributed by atoms with Crippen molar-refractivity contribution in [3.05, 3.63) is 11.3 Å². The van der Waals surface area contributed by atoms with Gasteiger partial charge in [-0.25, -0.2) is 0 Å². The normalized spacial score (nSPS) is 40.2. The Hall–Kier alpha value is -0.770. The van der Waals surface area contributed by atoms with Crippen LogP contribution in [0.4, 0.5) is 0 Å². The smallest absolute Gasteiger partial charge is 0.0303 e. The van der Waals surface area contributed by atoms with Crippen LogP contribution in [0.15, 0.2) is 11.3 Å². The van der Waals surface area contributed by atoms with Gasteiger partial charge in [-0.3, -0.25) is 5.41 Å². The molecule has 0 aromatic carbocycles. The molecule has 0 aromatic heterocycles. The molecule has 0 heterocycles. The minimum atomic E-state index is 0.809. The van der Waals surface area contributed by atoms with Gasteiger partial charge < -0.3 is 0 Å². The molecule has 19 heavy (non-hydrogen) atoms. The first-order valence-electron chi connectivity index (χ1n) is 8.16. The summed E-state index contributed by atoms with van der Waals surface area (Å²) in [7, 11) is 0. The Balaban J connectivity index is 2.31. The zero-order valence-electron chi connectivity index (χ0n) is 12.8. The lowest BCUT2D eigenvalue weighted by molar-refractivity contribution is 0.0992. The summed E-state index contributed by atoms with van der Waals surface area (Å²) in [5.74, 6) is 6.60. The number of nitrogens with one attached hydrogen (secondary N) is 1. The van der Waals surface area contributed by atoms with Crippen LogP contribution in [-0.4, -0.2) is 5.87 Å². The zero-order chi connectivity index (χ0) is 13.8. The third-order valence-electron chi connectivity index (χ3n) is 5.73. The van der Waals surface area contributed by atoms with Crippen molar-refractivity contribution in [3.63, 3.8) is 0 Å². The molecular formula is C18H29N. The highest BCUT2D eigenvalue weighted by molar-refractivity contribution is 5.47. The van der Waals surface area contributed by atoms with Gasteiger partial charge in [0, 0.05) is 5.87 Å². The van der Waals surface area contributed by atoms with Crippen molar-refractivity contribution >= 4 is 5.87 Å². The fourth-order valence-electron chi connectivity index (χ4n) is 4.64. The molecular weight excluding hydrogens is 230 g/mol. The highest BCUT2D eigenvalue weighted by atomic mass is 14.4. The summed E-state index contributed by atoms with van der Waals surface area (Å²) in [5.41, 5.74) is 4.44. The van der Waals surface area contributed by atoms with E-state index in [-0.39, 0.29) is 0 Å². The Morgan fingerprint density at radius 1 is 0.947 bits per heavy atom. The van der Waals surface area contributed by atoms with Gasteiger partial charge in [0.1, 0.15) is 0 Å². The molecule has 1 nitrogen and oxygen atoms in total. The predicted octanol–water partition coefficient (Wildman–Crippen LogP) is 5.21. The molecule has 2 fully saturated rings. The molecule has 0 aliphatic heterocycles. The Kier molecular flexibility index (Phi) is 5.08. The van der Waals surface area contributed by atoms with Crippen LogP contribution >= 0.6 is 0 Å². The minimum absolute atomic E-state index is 0.809. The maximum absolute atomic E-state index is 7.18. The van der Waals surface area contributed by atoms with E-state index >= 15 is 0 Å². The quantitative estimate of drug-likeness (QED) is 0.456. The van der Waals surface area contributed by atoms with E-state index in [0.717, 1.165) is 36.0 Å². The van der Waals surface area contributed by atoms with Crippen molar-refractivity contribution in [1.82, 2.24) is 0 Å². The van der Waals surface area contributed by atoms with Crippen LogP contribution in [0.3, 0.4) is 0 Å². The van der Waals surface area contributed by atoms with E-state index in [0.29, 0.717) is 0 Å². The molecule has 0 radical (unpaired) electrons. The van der Waals surface area contributed by atoms with Gasteiger partial charge in [-0.2, -0.15) is 0 Å². The first-order chi connectivity index (χ1) is 9.13. The topological polar surface area (TPSA) is 23.9 Å². The number of allylic oxidation sites excluding steroid dienone is 1. The summed E-state index contributed by atoms with van der Waals surface area (Å²) in [6, 6.07) is 0. The number of rotatable bonds is 0. The van der Waals surface area contributed by atoms with Crippen molar-refractivity contribution in [2.45, 2.75) is 65.7 Å². The van der Waals surface area contributed by atoms with Crippen molar-refractivity contribution in [3.8, 4) is 0 Å². The van der Waals surface area contributed by atoms with Crippen LogP contribution in [0, 0.1) is 35.0 Å². The molecule has 0 bridgehead atoms. The number of hydrogen-bond donors (Lipinski definition) is 1. The van der Waals surface area contributed by atoms with E-state index in [4.69, 9.17) is 5.41 Å². The summed E-state index contributed by atoms with van der Waals surface area (Å²) in [6.07, 6.45) is 9.22. The van der Waals surface area contributed by atoms with Crippen molar-refractivity contribution in [1.29, 1.82) is 5.41 Å². The van der Waals surface area contributed by atoms with Gasteiger partial charge in [0.15, 0.2) is 0 Å². The maximum atomic E-state index is 7.18. The molecule has 2 aliphatic carbocycles. The van der Waals surface area contributed by atoms with E-state index < -0.39 is 0 Å². The van der Waals surface area contributed by atoms with Crippen LogP contribution in [-0.2, 0) is 0 Å². The molecule has 2 rings (SSSR count). The monoisotopic (exact) mass is 259 g/mol. The largest absolute Gasteiger partial charge is 0.251 e. The zero-order valence-corrected chi connectivity index (χ0v) is 12.8. The first kappa shape index (κ1) is 14.6. The van der Waals surface area contributed by atoms with Crippen molar-refractivity contribution < 1.29 is 0 Å². The Labute approximate surface area is 118 Å². The van der Waals surface area contributed by atoms with Gasteiger partial charge in [-0.1, -0.05) is 52.2 Å². The van der Waals surface area contributed by atoms with E-state index in [9.17, 15) is 0 Å². The minimum Gasteiger partial charge on any atom is -0.251 e. The van der Waals surface area contributed by atoms with Crippen LogP contribution in [0.1, 0.15) is 65.7 Å². The second-order valence-electron chi connectivity index (χ2n) is 7.05. The SMILES string of the molecule is CC1CCCC[C@H](C)C2CC(=C=C=N)CCC(C)C12. The Morgan fingerprint density at radius 2 is 1.58 bits per heavy atom. The molecule has 106 valence electrons. The van der Waals surface area contributed by atoms with Crippen LogP contribution in [0.2, 0.25) is 0 Å². The molecule has 0 aromatic rings. The molecule has 1 N–H and O–H groups in total. The molecule has 5 atom stereocenters. The van der Waals surface area contributed by atoms with Gasteiger partial charge in [0.25, 0.3) is 0 Å². The molecule has 0 saturated heterocycles. The maximum Gasteiger partial charge on any atom is 0.0303 e. The van der Waals surface area contributed by atoms with Crippen LogP contribution in [0.5, 0.6) is 0 Å². The summed E-state index contributed by atoms with van der Waals surface area (Å²) < 4.78 is 0. The fourth-order valence-corrected chi connectivity index (χ4v) is 4.64. The lowest BCUT2D eigenvalue weighted by atomic mass is 9.65. The predicted molar refractivity (Wildman–Crippen MR) is 81.5 cm³/mol. The second kappa shape index (κ2) is 6.60. The van der Waals surface area contributed by atoms with Gasteiger partial charge in [-0.15, -0.1) is 0 Å². The average Bonchev–Trinajstić information content (AvgIpc) is 2.53. The summed E-state index contributed by atoms with van der Waals surface area (Å²) in [5, 5.41) is 7.18. The second-order valence-corrected chi connectivity index (χ2v) is 7.05. The van der Waals surface area contributed by atoms with E-state index in [1.165, 1.54) is 44.1 Å². The fraction of sp³-hybridized carbons (Fsp3) is 0.833. The third kappa shape index (κ3) is 3.41. The van der Waals surface area contributed by atoms with Crippen LogP contribution in [0.25, 0.3) is 0 Å². The molecule has 1 heteroatoms. The summed E-state index contributed by atoms with van der Waals surface area (Å²) >= 11 is 0. The Bertz CT molecular complexity index is 384. The van der Waals surface area contributed by atoms with Gasteiger partial charge >= 0.3 is 0 Å². The molecule has 0 spiro atoms. The highest BCUT2D eigenvalue weighted by Crippen LogP contribution is 2.46. The number of hydrogen-bond acceptors (Lipinski definition) is 1. The molecule has 2 saturated carbocycles. The van der Waals surface area contributed by atoms with E-state index in [1.54, 1.807) is 0 Å². The van der Waals surface area contributed by atoms with E-state index in [1.807, 2.05) is 0 Å². The highest BCUT2D eigenvalue weighted by Gasteiger charge is 2.37. The summed E-state index contributed by atoms with van der Waals surface area (Å²) in [6.45, 7) is 7.40. The lowest BCUT2D eigenvalue weighted by Gasteiger charge is -2.40. The standard InChI is InChI=1S/C18H29N/c1-13-6-4-5-7-14(2)18-15(3)8-9-16(10-11-19)12-17(13)18/h13-15,17-19H,4-9,12H2,1-3H3/t13-,14?,15?,17?,18?/m0/s1. The molecule has 4 unspecified atom stereocenters. The average molecular weight is 259 g/mol. The van der Waals surface area contributed by atoms with Crippen molar-refractivity contribution in [2.24, 2.45) is 29.6 Å². The van der Waals surface area contributed by atoms with Gasteiger partial charge in [-0.05, 0) is 54.4 Å². The van der Waals surface area contributed by atoms with E-state index in [2.05, 4.69) is 32.4 Å². The Morgan fingerprint density at radius 3 is 2.26 bits per heavy atom. The first-order valence-corrected chi connectivity index (χ1v) is 8.16. The summed E-state index contributed by atoms with van der Waals surface area (Å²) in [4.78, 5) is 0. The third-order valence-corrected chi connectivity index (χ3v) is 5.73. The number of fused-ring (bicyclic) bond motifs is 1. The molecule has 0 amide bonds. The van der Waals surface area contributed by atoms with Crippen molar-refractivity contribution in [2.75, 3.05) is 0 Å². The van der Waals surface area contributed by atoms with Crippen LogP contribution < -0.4 is 0 Å².